The highest BCUT2D eigenvalue weighted by Gasteiger charge is 2.27. The lowest BCUT2D eigenvalue weighted by Gasteiger charge is -2.31. The van der Waals surface area contributed by atoms with Crippen LogP contribution in [0.25, 0.3) is 0 Å². The van der Waals surface area contributed by atoms with Crippen molar-refractivity contribution in [3.8, 4) is 0 Å². The maximum absolute atomic E-state index is 5.79. The highest BCUT2D eigenvalue weighted by molar-refractivity contribution is 5.48. The van der Waals surface area contributed by atoms with Gasteiger partial charge in [-0.3, -0.25) is 0 Å². The van der Waals surface area contributed by atoms with Crippen LogP contribution in [0.4, 0.5) is 11.4 Å². The summed E-state index contributed by atoms with van der Waals surface area (Å²) in [6.07, 6.45) is 2.23. The van der Waals surface area contributed by atoms with E-state index in [2.05, 4.69) is 38.1 Å². The fraction of sp³-hybridized carbons (Fsp3) is 0.294. The predicted molar refractivity (Wildman–Crippen MR) is 83.1 cm³/mol. The lowest BCUT2D eigenvalue weighted by Crippen LogP contribution is -2.23. The van der Waals surface area contributed by atoms with E-state index >= 15 is 0 Å². The number of benzene rings is 2. The zero-order chi connectivity index (χ0) is 13.9. The van der Waals surface area contributed by atoms with E-state index in [0.717, 1.165) is 24.2 Å². The Balaban J connectivity index is 2.47. The molecule has 100 valence electrons. The summed E-state index contributed by atoms with van der Waals surface area (Å²) in [4.78, 5) is 0. The molecule has 0 amide bonds. The van der Waals surface area contributed by atoms with Crippen LogP contribution in [0.15, 0.2) is 48.5 Å². The van der Waals surface area contributed by atoms with Gasteiger partial charge in [-0.25, -0.2) is 0 Å². The molecule has 2 nitrogen and oxygen atoms in total. The van der Waals surface area contributed by atoms with Gasteiger partial charge in [0.05, 0.1) is 0 Å². The summed E-state index contributed by atoms with van der Waals surface area (Å²) < 4.78 is 0. The van der Waals surface area contributed by atoms with Gasteiger partial charge >= 0.3 is 0 Å². The summed E-state index contributed by atoms with van der Waals surface area (Å²) in [6.45, 7) is 4.50. The summed E-state index contributed by atoms with van der Waals surface area (Å²) >= 11 is 0. The van der Waals surface area contributed by atoms with Crippen molar-refractivity contribution in [3.63, 3.8) is 0 Å². The maximum Gasteiger partial charge on any atom is 0.0314 e. The Hall–Kier alpha value is -1.96. The number of anilines is 2. The predicted octanol–water partition coefficient (Wildman–Crippen LogP) is 3.96. The highest BCUT2D eigenvalue weighted by Crippen LogP contribution is 2.36. The SMILES string of the molecule is CCCC(C)(c1ccc(N)cc1)c1ccc(N)cc1. The molecule has 2 rings (SSSR count). The molecule has 2 aromatic rings. The van der Waals surface area contributed by atoms with Crippen LogP contribution in [-0.2, 0) is 5.41 Å². The Labute approximate surface area is 115 Å². The summed E-state index contributed by atoms with van der Waals surface area (Å²) in [6, 6.07) is 16.4. The number of rotatable bonds is 4. The lowest BCUT2D eigenvalue weighted by atomic mass is 9.73. The third-order valence-corrected chi connectivity index (χ3v) is 3.85. The normalized spacial score (nSPS) is 11.5. The van der Waals surface area contributed by atoms with Gasteiger partial charge in [0.25, 0.3) is 0 Å². The van der Waals surface area contributed by atoms with Gasteiger partial charge in [0, 0.05) is 16.8 Å². The van der Waals surface area contributed by atoms with Gasteiger partial charge in [0.1, 0.15) is 0 Å². The molecule has 0 saturated heterocycles. The van der Waals surface area contributed by atoms with E-state index < -0.39 is 0 Å². The van der Waals surface area contributed by atoms with Crippen LogP contribution in [0.1, 0.15) is 37.8 Å². The van der Waals surface area contributed by atoms with Gasteiger partial charge < -0.3 is 11.5 Å². The second kappa shape index (κ2) is 5.35. The first-order chi connectivity index (χ1) is 9.06. The molecular formula is C17H22N2. The Morgan fingerprint density at radius 2 is 1.16 bits per heavy atom. The van der Waals surface area contributed by atoms with Gasteiger partial charge in [0.15, 0.2) is 0 Å². The van der Waals surface area contributed by atoms with Gasteiger partial charge in [-0.2, -0.15) is 0 Å². The molecule has 0 bridgehead atoms. The van der Waals surface area contributed by atoms with Crippen LogP contribution in [0.5, 0.6) is 0 Å². The van der Waals surface area contributed by atoms with Crippen LogP contribution in [0.2, 0.25) is 0 Å². The lowest BCUT2D eigenvalue weighted by molar-refractivity contribution is 0.512. The minimum Gasteiger partial charge on any atom is -0.399 e. The van der Waals surface area contributed by atoms with Crippen LogP contribution < -0.4 is 11.5 Å². The molecular weight excluding hydrogens is 232 g/mol. The third-order valence-electron chi connectivity index (χ3n) is 3.85. The molecule has 2 aromatic carbocycles. The van der Waals surface area contributed by atoms with Gasteiger partial charge in [-0.1, -0.05) is 44.5 Å². The average molecular weight is 254 g/mol. The van der Waals surface area contributed by atoms with Gasteiger partial charge in [-0.15, -0.1) is 0 Å². The quantitative estimate of drug-likeness (QED) is 0.811. The van der Waals surface area contributed by atoms with Crippen LogP contribution in [0.3, 0.4) is 0 Å². The summed E-state index contributed by atoms with van der Waals surface area (Å²) in [7, 11) is 0. The molecule has 0 heterocycles. The maximum atomic E-state index is 5.79. The smallest absolute Gasteiger partial charge is 0.0314 e. The largest absolute Gasteiger partial charge is 0.399 e. The summed E-state index contributed by atoms with van der Waals surface area (Å²) in [5, 5.41) is 0. The molecule has 0 aliphatic carbocycles. The van der Waals surface area contributed by atoms with Crippen molar-refractivity contribution in [2.45, 2.75) is 32.1 Å². The van der Waals surface area contributed by atoms with Crippen LogP contribution in [0, 0.1) is 0 Å². The van der Waals surface area contributed by atoms with E-state index in [1.807, 2.05) is 24.3 Å². The summed E-state index contributed by atoms with van der Waals surface area (Å²) in [5.41, 5.74) is 15.8. The molecule has 0 aromatic heterocycles. The molecule has 19 heavy (non-hydrogen) atoms. The first-order valence-corrected chi connectivity index (χ1v) is 6.78. The average Bonchev–Trinajstić information content (AvgIpc) is 2.40. The molecule has 0 spiro atoms. The monoisotopic (exact) mass is 254 g/mol. The van der Waals surface area contributed by atoms with E-state index in [9.17, 15) is 0 Å². The molecule has 0 fully saturated rings. The molecule has 0 aliphatic rings. The molecule has 0 radical (unpaired) electrons. The van der Waals surface area contributed by atoms with E-state index in [4.69, 9.17) is 11.5 Å². The second-order valence-electron chi connectivity index (χ2n) is 5.33. The topological polar surface area (TPSA) is 52.0 Å². The van der Waals surface area contributed by atoms with E-state index in [1.54, 1.807) is 0 Å². The van der Waals surface area contributed by atoms with E-state index in [1.165, 1.54) is 11.1 Å². The third kappa shape index (κ3) is 2.73. The fourth-order valence-corrected chi connectivity index (χ4v) is 2.66. The highest BCUT2D eigenvalue weighted by atomic mass is 14.5. The zero-order valence-electron chi connectivity index (χ0n) is 11.7. The minimum atomic E-state index is 0.0101. The van der Waals surface area contributed by atoms with Crippen molar-refractivity contribution in [2.24, 2.45) is 0 Å². The number of nitrogen functional groups attached to an aromatic ring is 2. The second-order valence-corrected chi connectivity index (χ2v) is 5.33. The standard InChI is InChI=1S/C17H22N2/c1-3-12-17(2,13-4-8-15(18)9-5-13)14-6-10-16(19)11-7-14/h4-11H,3,12,18-19H2,1-2H3. The Kier molecular flexibility index (Phi) is 3.79. The Morgan fingerprint density at radius 1 is 0.789 bits per heavy atom. The zero-order valence-corrected chi connectivity index (χ0v) is 11.7. The van der Waals surface area contributed by atoms with Crippen molar-refractivity contribution < 1.29 is 0 Å². The first kappa shape index (κ1) is 13.5. The van der Waals surface area contributed by atoms with Crippen molar-refractivity contribution in [3.05, 3.63) is 59.7 Å². The number of hydrogen-bond donors (Lipinski definition) is 2. The molecule has 2 heteroatoms. The number of hydrogen-bond acceptors (Lipinski definition) is 2. The van der Waals surface area contributed by atoms with Gasteiger partial charge in [0.2, 0.25) is 0 Å². The van der Waals surface area contributed by atoms with E-state index in [0.29, 0.717) is 0 Å². The number of nitrogens with two attached hydrogens (primary N) is 2. The minimum absolute atomic E-state index is 0.0101. The Bertz CT molecular complexity index is 481. The Morgan fingerprint density at radius 3 is 1.47 bits per heavy atom. The van der Waals surface area contributed by atoms with Crippen molar-refractivity contribution in [1.82, 2.24) is 0 Å². The fourth-order valence-electron chi connectivity index (χ4n) is 2.66. The molecule has 0 unspecified atom stereocenters. The molecule has 0 aliphatic heterocycles. The van der Waals surface area contributed by atoms with Gasteiger partial charge in [-0.05, 0) is 41.8 Å². The van der Waals surface area contributed by atoms with E-state index in [-0.39, 0.29) is 5.41 Å². The molecule has 0 atom stereocenters. The first-order valence-electron chi connectivity index (χ1n) is 6.78. The van der Waals surface area contributed by atoms with Crippen molar-refractivity contribution >= 4 is 11.4 Å². The van der Waals surface area contributed by atoms with Crippen molar-refractivity contribution in [1.29, 1.82) is 0 Å². The molecule has 0 saturated carbocycles. The van der Waals surface area contributed by atoms with Crippen LogP contribution in [-0.4, -0.2) is 0 Å². The molecule has 4 N–H and O–H groups in total. The van der Waals surface area contributed by atoms with Crippen LogP contribution >= 0.6 is 0 Å². The summed E-state index contributed by atoms with van der Waals surface area (Å²) in [5.74, 6) is 0. The van der Waals surface area contributed by atoms with Crippen molar-refractivity contribution in [2.75, 3.05) is 11.5 Å².